The molecule has 1 amide bonds. The Kier molecular flexibility index (Phi) is 9.22. The van der Waals surface area contributed by atoms with Crippen molar-refractivity contribution >= 4 is 17.7 Å². The summed E-state index contributed by atoms with van der Waals surface area (Å²) in [7, 11) is 0. The van der Waals surface area contributed by atoms with Gasteiger partial charge in [-0.2, -0.15) is 5.26 Å². The average Bonchev–Trinajstić information content (AvgIpc) is 2.96. The Bertz CT molecular complexity index is 1380. The first-order valence-electron chi connectivity index (χ1n) is 14.2. The normalized spacial score (nSPS) is 22.6. The molecule has 9 nitrogen and oxygen atoms in total. The Morgan fingerprint density at radius 2 is 2.00 bits per heavy atom. The summed E-state index contributed by atoms with van der Waals surface area (Å²) < 4.78 is 30.4. The minimum Gasteiger partial charge on any atom is -0.484 e. The number of ether oxygens (including phenoxy) is 3. The van der Waals surface area contributed by atoms with Crippen LogP contribution >= 0.6 is 11.8 Å². The minimum absolute atomic E-state index is 0.0615. The van der Waals surface area contributed by atoms with E-state index in [1.54, 1.807) is 6.92 Å². The predicted molar refractivity (Wildman–Crippen MR) is 154 cm³/mol. The molecule has 0 unspecified atom stereocenters. The molecule has 2 aliphatic heterocycles. The lowest BCUT2D eigenvalue weighted by molar-refractivity contribution is -0.0845. The first-order valence-corrected chi connectivity index (χ1v) is 15.4. The molecule has 3 aliphatic rings. The van der Waals surface area contributed by atoms with Crippen molar-refractivity contribution in [3.63, 3.8) is 0 Å². The zero-order valence-corrected chi connectivity index (χ0v) is 24.6. The Morgan fingerprint density at radius 1 is 1.24 bits per heavy atom. The van der Waals surface area contributed by atoms with Crippen LogP contribution in [0.5, 0.6) is 11.5 Å². The lowest BCUT2D eigenvalue weighted by Gasteiger charge is -2.47. The number of aromatic amines is 1. The van der Waals surface area contributed by atoms with Crippen LogP contribution in [0.15, 0.2) is 21.8 Å². The SMILES string of the molecule is CSc1cc(C)[nH]c(=O)c1CNC(=O)c1cc(C#N)c2c(c1C)O[C@@H](C1CCC(N3CC(OCCF)C3)CC1)CO2. The van der Waals surface area contributed by atoms with E-state index >= 15 is 0 Å². The third kappa shape index (κ3) is 6.25. The van der Waals surface area contributed by atoms with Gasteiger partial charge >= 0.3 is 0 Å². The number of carbonyl (C=O) groups excluding carboxylic acids is 1. The van der Waals surface area contributed by atoms with Crippen molar-refractivity contribution in [2.45, 2.75) is 69.2 Å². The highest BCUT2D eigenvalue weighted by Crippen LogP contribution is 2.43. The second-order valence-corrected chi connectivity index (χ2v) is 11.9. The molecule has 0 bridgehead atoms. The number of benzene rings is 1. The Labute approximate surface area is 243 Å². The van der Waals surface area contributed by atoms with E-state index in [0.29, 0.717) is 46.8 Å². The second kappa shape index (κ2) is 12.8. The third-order valence-electron chi connectivity index (χ3n) is 8.48. The van der Waals surface area contributed by atoms with Gasteiger partial charge in [-0.05, 0) is 63.8 Å². The minimum atomic E-state index is -0.441. The highest BCUT2D eigenvalue weighted by molar-refractivity contribution is 7.98. The van der Waals surface area contributed by atoms with Crippen LogP contribution in [-0.4, -0.2) is 73.3 Å². The number of hydrogen-bond donors (Lipinski definition) is 2. The fourth-order valence-corrected chi connectivity index (χ4v) is 6.85. The summed E-state index contributed by atoms with van der Waals surface area (Å²) in [5.74, 6) is 0.746. The molecule has 1 saturated carbocycles. The summed E-state index contributed by atoms with van der Waals surface area (Å²) in [6.45, 7) is 5.50. The van der Waals surface area contributed by atoms with Gasteiger partial charge in [-0.1, -0.05) is 0 Å². The van der Waals surface area contributed by atoms with E-state index in [9.17, 15) is 19.2 Å². The van der Waals surface area contributed by atoms with Crippen LogP contribution in [0.3, 0.4) is 0 Å². The highest BCUT2D eigenvalue weighted by atomic mass is 32.2. The lowest BCUT2D eigenvalue weighted by atomic mass is 9.81. The van der Waals surface area contributed by atoms with E-state index in [4.69, 9.17) is 14.2 Å². The summed E-state index contributed by atoms with van der Waals surface area (Å²) in [6.07, 6.45) is 5.95. The number of halogens is 1. The number of fused-ring (bicyclic) bond motifs is 1. The van der Waals surface area contributed by atoms with Gasteiger partial charge in [0.25, 0.3) is 11.5 Å². The summed E-state index contributed by atoms with van der Waals surface area (Å²) in [5, 5.41) is 12.7. The number of alkyl halides is 1. The number of aryl methyl sites for hydroxylation is 1. The summed E-state index contributed by atoms with van der Waals surface area (Å²) in [5.41, 5.74) is 2.19. The van der Waals surface area contributed by atoms with Gasteiger partial charge in [-0.25, -0.2) is 4.39 Å². The van der Waals surface area contributed by atoms with Gasteiger partial charge in [0.15, 0.2) is 11.5 Å². The third-order valence-corrected chi connectivity index (χ3v) is 9.28. The van der Waals surface area contributed by atoms with Gasteiger partial charge in [-0.3, -0.25) is 14.5 Å². The number of hydrogen-bond acceptors (Lipinski definition) is 8. The number of nitrogens with zero attached hydrogens (tertiary/aromatic N) is 2. The van der Waals surface area contributed by atoms with Crippen molar-refractivity contribution < 1.29 is 23.4 Å². The maximum absolute atomic E-state index is 13.3. The van der Waals surface area contributed by atoms with E-state index in [2.05, 4.69) is 21.3 Å². The standard InChI is InChI=1S/C30H37FN4O5S/c1-17-10-26(41-3)24(30(37)34-17)13-33-29(36)23-11-20(12-32)28-27(18(23)2)40-25(16-39-28)19-4-6-21(7-5-19)35-14-22(15-35)38-9-8-31/h10-11,19,21-22,25H,4-9,13-16H2,1-3H3,(H,33,36)(H,34,37)/t19?,21?,25-/m1/s1. The number of carbonyl (C=O) groups is 1. The van der Waals surface area contributed by atoms with Crippen molar-refractivity contribution in [2.75, 3.05) is 39.2 Å². The Hall–Kier alpha value is -3.07. The van der Waals surface area contributed by atoms with Gasteiger partial charge in [0.2, 0.25) is 0 Å². The van der Waals surface area contributed by atoms with Crippen molar-refractivity contribution in [1.82, 2.24) is 15.2 Å². The van der Waals surface area contributed by atoms with Gasteiger partial charge < -0.3 is 24.5 Å². The van der Waals surface area contributed by atoms with Crippen molar-refractivity contribution in [3.8, 4) is 17.6 Å². The van der Waals surface area contributed by atoms with Crippen LogP contribution in [0.2, 0.25) is 0 Å². The largest absolute Gasteiger partial charge is 0.484 e. The number of pyridine rings is 1. The molecule has 0 spiro atoms. The van der Waals surface area contributed by atoms with Crippen LogP contribution in [0.25, 0.3) is 0 Å². The number of amides is 1. The van der Waals surface area contributed by atoms with Gasteiger partial charge in [0, 0.05) is 53.0 Å². The molecule has 41 heavy (non-hydrogen) atoms. The average molecular weight is 585 g/mol. The van der Waals surface area contributed by atoms with E-state index < -0.39 is 6.67 Å². The molecule has 11 heteroatoms. The van der Waals surface area contributed by atoms with E-state index in [1.165, 1.54) is 17.8 Å². The summed E-state index contributed by atoms with van der Waals surface area (Å²) in [6, 6.07) is 6.07. The molecular formula is C30H37FN4O5S. The Morgan fingerprint density at radius 3 is 2.68 bits per heavy atom. The fraction of sp³-hybridized carbons (Fsp3) is 0.567. The van der Waals surface area contributed by atoms with Crippen LogP contribution in [0.1, 0.15) is 58.4 Å². The molecule has 1 saturated heterocycles. The number of nitrogens with one attached hydrogen (secondary N) is 2. The molecule has 1 aromatic carbocycles. The lowest BCUT2D eigenvalue weighted by Crippen LogP contribution is -2.57. The molecule has 1 aromatic heterocycles. The topological polar surface area (TPSA) is 117 Å². The molecule has 1 atom stereocenters. The van der Waals surface area contributed by atoms with E-state index in [0.717, 1.165) is 49.4 Å². The first-order chi connectivity index (χ1) is 19.8. The van der Waals surface area contributed by atoms with Crippen molar-refractivity contribution in [1.29, 1.82) is 5.26 Å². The molecule has 5 rings (SSSR count). The van der Waals surface area contributed by atoms with Crippen LogP contribution in [0.4, 0.5) is 4.39 Å². The quantitative estimate of drug-likeness (QED) is 0.427. The van der Waals surface area contributed by atoms with Crippen LogP contribution in [0, 0.1) is 31.1 Å². The molecule has 0 radical (unpaired) electrons. The zero-order valence-electron chi connectivity index (χ0n) is 23.8. The van der Waals surface area contributed by atoms with Gasteiger partial charge in [-0.15, -0.1) is 11.8 Å². The van der Waals surface area contributed by atoms with Crippen LogP contribution < -0.4 is 20.3 Å². The maximum Gasteiger partial charge on any atom is 0.254 e. The molecule has 2 N–H and O–H groups in total. The van der Waals surface area contributed by atoms with Gasteiger partial charge in [0.1, 0.15) is 25.5 Å². The zero-order chi connectivity index (χ0) is 29.1. The van der Waals surface area contributed by atoms with E-state index in [-0.39, 0.29) is 42.4 Å². The number of H-pyrrole nitrogens is 1. The van der Waals surface area contributed by atoms with Crippen molar-refractivity contribution in [3.05, 3.63) is 50.4 Å². The van der Waals surface area contributed by atoms with Crippen molar-refractivity contribution in [2.24, 2.45) is 5.92 Å². The molecule has 2 fully saturated rings. The number of thioether (sulfide) groups is 1. The molecule has 3 heterocycles. The number of nitriles is 1. The molecule has 220 valence electrons. The van der Waals surface area contributed by atoms with Gasteiger partial charge in [0.05, 0.1) is 18.3 Å². The fourth-order valence-electron chi connectivity index (χ4n) is 6.14. The molecule has 2 aromatic rings. The predicted octanol–water partition coefficient (Wildman–Crippen LogP) is 3.88. The number of likely N-dealkylation sites (tertiary alicyclic amines) is 1. The molecular weight excluding hydrogens is 547 g/mol. The number of rotatable bonds is 9. The molecule has 1 aliphatic carbocycles. The maximum atomic E-state index is 13.3. The second-order valence-electron chi connectivity index (χ2n) is 11.0. The Balaban J connectivity index is 1.24. The summed E-state index contributed by atoms with van der Waals surface area (Å²) in [4.78, 5) is 31.8. The summed E-state index contributed by atoms with van der Waals surface area (Å²) >= 11 is 1.45. The smallest absolute Gasteiger partial charge is 0.254 e. The van der Waals surface area contributed by atoms with E-state index in [1.807, 2.05) is 19.2 Å². The highest BCUT2D eigenvalue weighted by Gasteiger charge is 2.39. The first kappa shape index (κ1) is 29.4. The monoisotopic (exact) mass is 584 g/mol. The number of aromatic nitrogens is 1. The van der Waals surface area contributed by atoms with Crippen LogP contribution in [-0.2, 0) is 11.3 Å².